The number of carbonyl (C=O) groups is 1. The smallest absolute Gasteiger partial charge is 0.226 e. The Balaban J connectivity index is 2.73. The van der Waals surface area contributed by atoms with Crippen LogP contribution in [0, 0.1) is 0 Å². The number of hydrogen-bond acceptors (Lipinski definition) is 1. The van der Waals surface area contributed by atoms with Crippen molar-refractivity contribution < 1.29 is 6.17 Å². The summed E-state index contributed by atoms with van der Waals surface area (Å²) >= 11 is 0. The zero-order chi connectivity index (χ0) is 7.72. The van der Waals surface area contributed by atoms with E-state index in [1.165, 1.54) is 11.1 Å². The van der Waals surface area contributed by atoms with Gasteiger partial charge in [0.2, 0.25) is 5.91 Å². The first-order valence-corrected chi connectivity index (χ1v) is 3.03. The van der Waals surface area contributed by atoms with Crippen molar-refractivity contribution in [2.45, 2.75) is 25.8 Å². The summed E-state index contributed by atoms with van der Waals surface area (Å²) in [6.07, 6.45) is 1.57. The van der Waals surface area contributed by atoms with Gasteiger partial charge in [0.05, 0.1) is 0 Å². The molecule has 2 atom stereocenters. The van der Waals surface area contributed by atoms with Crippen LogP contribution in [0.5, 0.6) is 0 Å². The average Bonchev–Trinajstić information content (AvgIpc) is 2.09. The second kappa shape index (κ2) is 2.21. The van der Waals surface area contributed by atoms with Crippen LogP contribution in [-0.4, -0.2) is 16.8 Å². The van der Waals surface area contributed by atoms with Crippen molar-refractivity contribution in [2.24, 2.45) is 0 Å². The molecule has 1 aliphatic rings. The molecule has 2 heteroatoms. The monoisotopic (exact) mass is 126 g/mol. The average molecular weight is 126 g/mol. The van der Waals surface area contributed by atoms with Gasteiger partial charge in [-0.05, 0) is 19.5 Å². The van der Waals surface area contributed by atoms with Gasteiger partial charge in [-0.3, -0.25) is 4.79 Å². The van der Waals surface area contributed by atoms with Crippen molar-refractivity contribution in [3.05, 3.63) is 12.8 Å². The summed E-state index contributed by atoms with van der Waals surface area (Å²) < 4.78 is 7.26. The molecule has 0 radical (unpaired) electrons. The first-order chi connectivity index (χ1) is 4.66. The first kappa shape index (κ1) is 5.03. The van der Waals surface area contributed by atoms with Crippen molar-refractivity contribution in [2.75, 3.05) is 0 Å². The normalized spacial score (nSPS) is 36.8. The topological polar surface area (TPSA) is 20.3 Å². The molecule has 0 saturated carbocycles. The standard InChI is InChI=1S/C7H11NO/c1-3-8-6(2)4-5-7(8)9/h3,6H,1,4-5H2,2H3/i5D. The van der Waals surface area contributed by atoms with Crippen molar-refractivity contribution >= 4 is 5.91 Å². The molecule has 0 bridgehead atoms. The van der Waals surface area contributed by atoms with Gasteiger partial charge in [-0.1, -0.05) is 6.58 Å². The molecule has 0 N–H and O–H groups in total. The van der Waals surface area contributed by atoms with Crippen LogP contribution >= 0.6 is 0 Å². The van der Waals surface area contributed by atoms with Crippen LogP contribution in [0.15, 0.2) is 12.8 Å². The van der Waals surface area contributed by atoms with Crippen molar-refractivity contribution in [3.8, 4) is 0 Å². The Labute approximate surface area is 56.6 Å². The van der Waals surface area contributed by atoms with Crippen LogP contribution in [0.25, 0.3) is 0 Å². The Morgan fingerprint density at radius 3 is 3.00 bits per heavy atom. The summed E-state index contributed by atoms with van der Waals surface area (Å²) in [6.45, 7) is 5.42. The first-order valence-electron chi connectivity index (χ1n) is 3.61. The SMILES string of the molecule is [2H]C1CC(C)N(C=C)C1=O. The molecule has 0 aromatic rings. The van der Waals surface area contributed by atoms with Crippen LogP contribution in [0.2, 0.25) is 0 Å². The van der Waals surface area contributed by atoms with Crippen LogP contribution < -0.4 is 0 Å². The van der Waals surface area contributed by atoms with Gasteiger partial charge in [0.1, 0.15) is 0 Å². The molecular weight excluding hydrogens is 114 g/mol. The van der Waals surface area contributed by atoms with E-state index >= 15 is 0 Å². The molecule has 0 spiro atoms. The Morgan fingerprint density at radius 1 is 2.11 bits per heavy atom. The minimum Gasteiger partial charge on any atom is -0.317 e. The van der Waals surface area contributed by atoms with Crippen molar-refractivity contribution in [1.82, 2.24) is 4.90 Å². The lowest BCUT2D eigenvalue weighted by Gasteiger charge is -2.14. The van der Waals surface area contributed by atoms with Gasteiger partial charge in [-0.2, -0.15) is 0 Å². The Morgan fingerprint density at radius 2 is 2.78 bits per heavy atom. The van der Waals surface area contributed by atoms with Crippen molar-refractivity contribution in [3.63, 3.8) is 0 Å². The fraction of sp³-hybridized carbons (Fsp3) is 0.571. The molecule has 0 aromatic carbocycles. The molecular formula is C7H11NO. The zero-order valence-corrected chi connectivity index (χ0v) is 5.50. The predicted molar refractivity (Wildman–Crippen MR) is 35.7 cm³/mol. The summed E-state index contributed by atoms with van der Waals surface area (Å²) in [5.74, 6) is -0.123. The summed E-state index contributed by atoms with van der Waals surface area (Å²) in [5.41, 5.74) is 0. The summed E-state index contributed by atoms with van der Waals surface area (Å²) in [5, 5.41) is 0. The van der Waals surface area contributed by atoms with Crippen LogP contribution in [-0.2, 0) is 4.79 Å². The largest absolute Gasteiger partial charge is 0.317 e. The van der Waals surface area contributed by atoms with E-state index in [9.17, 15) is 4.79 Å². The number of rotatable bonds is 1. The molecule has 1 amide bonds. The fourth-order valence-corrected chi connectivity index (χ4v) is 0.977. The number of likely N-dealkylation sites (tertiary alicyclic amines) is 1. The molecule has 2 nitrogen and oxygen atoms in total. The second-order valence-corrected chi connectivity index (χ2v) is 2.22. The van der Waals surface area contributed by atoms with E-state index in [4.69, 9.17) is 1.37 Å². The molecule has 0 aliphatic carbocycles. The number of carbonyl (C=O) groups excluding carboxylic acids is 1. The van der Waals surface area contributed by atoms with Gasteiger partial charge in [-0.15, -0.1) is 0 Å². The molecule has 1 aliphatic heterocycles. The quantitative estimate of drug-likeness (QED) is 0.516. The molecule has 9 heavy (non-hydrogen) atoms. The van der Waals surface area contributed by atoms with E-state index in [1.54, 1.807) is 0 Å². The highest BCUT2D eigenvalue weighted by atomic mass is 16.2. The third kappa shape index (κ3) is 0.969. The number of hydrogen-bond donors (Lipinski definition) is 0. The maximum atomic E-state index is 11.0. The van der Waals surface area contributed by atoms with Crippen molar-refractivity contribution in [1.29, 1.82) is 0 Å². The van der Waals surface area contributed by atoms with E-state index in [1.807, 2.05) is 6.92 Å². The predicted octanol–water partition coefficient (Wildman–Crippen LogP) is 1.14. The minimum atomic E-state index is -0.562. The van der Waals surface area contributed by atoms with Gasteiger partial charge in [0.25, 0.3) is 0 Å². The Hall–Kier alpha value is -0.790. The molecule has 2 unspecified atom stereocenters. The molecule has 1 fully saturated rings. The van der Waals surface area contributed by atoms with Crippen LogP contribution in [0.4, 0.5) is 0 Å². The highest BCUT2D eigenvalue weighted by Gasteiger charge is 2.24. The van der Waals surface area contributed by atoms with E-state index in [2.05, 4.69) is 6.58 Å². The third-order valence-corrected chi connectivity index (χ3v) is 1.56. The van der Waals surface area contributed by atoms with E-state index in [0.29, 0.717) is 6.42 Å². The summed E-state index contributed by atoms with van der Waals surface area (Å²) in [4.78, 5) is 12.5. The maximum Gasteiger partial charge on any atom is 0.226 e. The van der Waals surface area contributed by atoms with Gasteiger partial charge >= 0.3 is 0 Å². The van der Waals surface area contributed by atoms with Crippen LogP contribution in [0.3, 0.4) is 0 Å². The Bertz CT molecular complexity index is 169. The van der Waals surface area contributed by atoms with E-state index < -0.39 is 6.40 Å². The lowest BCUT2D eigenvalue weighted by atomic mass is 10.2. The van der Waals surface area contributed by atoms with Gasteiger partial charge in [0, 0.05) is 13.8 Å². The molecule has 0 aromatic heterocycles. The Kier molecular flexibility index (Phi) is 1.24. The molecule has 1 saturated heterocycles. The number of amides is 1. The lowest BCUT2D eigenvalue weighted by Crippen LogP contribution is -2.24. The lowest BCUT2D eigenvalue weighted by molar-refractivity contribution is -0.126. The molecule has 1 rings (SSSR count). The maximum absolute atomic E-state index is 11.0. The third-order valence-electron chi connectivity index (χ3n) is 1.56. The second-order valence-electron chi connectivity index (χ2n) is 2.22. The zero-order valence-electron chi connectivity index (χ0n) is 6.50. The summed E-state index contributed by atoms with van der Waals surface area (Å²) in [6, 6.07) is 0.160. The minimum absolute atomic E-state index is 0.123. The van der Waals surface area contributed by atoms with E-state index in [0.717, 1.165) is 0 Å². The number of nitrogens with zero attached hydrogens (tertiary/aromatic N) is 1. The van der Waals surface area contributed by atoms with Crippen LogP contribution in [0.1, 0.15) is 21.1 Å². The highest BCUT2D eigenvalue weighted by molar-refractivity contribution is 5.79. The molecule has 50 valence electrons. The van der Waals surface area contributed by atoms with Gasteiger partial charge in [-0.25, -0.2) is 0 Å². The van der Waals surface area contributed by atoms with Gasteiger partial charge in [0.15, 0.2) is 0 Å². The van der Waals surface area contributed by atoms with Gasteiger partial charge < -0.3 is 4.90 Å². The summed E-state index contributed by atoms with van der Waals surface area (Å²) in [7, 11) is 0. The fourth-order valence-electron chi connectivity index (χ4n) is 0.977. The molecule has 1 heterocycles. The van der Waals surface area contributed by atoms with E-state index in [-0.39, 0.29) is 11.9 Å². The highest BCUT2D eigenvalue weighted by Crippen LogP contribution is 2.17.